The van der Waals surface area contributed by atoms with Gasteiger partial charge in [0.25, 0.3) is 15.9 Å². The smallest absolute Gasteiger partial charge is 0.278 e. The van der Waals surface area contributed by atoms with Gasteiger partial charge in [-0.1, -0.05) is 61.9 Å². The number of ether oxygens (including phenoxy) is 1. The summed E-state index contributed by atoms with van der Waals surface area (Å²) in [5.74, 6) is -0.0805. The quantitative estimate of drug-likeness (QED) is 0.502. The Hall–Kier alpha value is -3.12. The Morgan fingerprint density at radius 1 is 0.871 bits per heavy atom. The fraction of sp³-hybridized carbons (Fsp3) is 0.240. The molecular formula is C25H27NO4S. The lowest BCUT2D eigenvalue weighted by molar-refractivity contribution is -0.119. The average molecular weight is 438 g/mol. The third-order valence-electron chi connectivity index (χ3n) is 5.07. The molecule has 0 heterocycles. The van der Waals surface area contributed by atoms with Gasteiger partial charge in [-0.3, -0.25) is 4.79 Å². The zero-order chi connectivity index (χ0) is 22.4. The van der Waals surface area contributed by atoms with E-state index in [1.165, 1.54) is 12.1 Å². The van der Waals surface area contributed by atoms with Crippen molar-refractivity contribution in [3.05, 3.63) is 89.5 Å². The number of hydrogen-bond donors (Lipinski definition) is 0. The Kier molecular flexibility index (Phi) is 7.13. The molecule has 5 nitrogen and oxygen atoms in total. The molecule has 0 aliphatic rings. The molecule has 0 fully saturated rings. The highest BCUT2D eigenvalue weighted by atomic mass is 32.2. The zero-order valence-corrected chi connectivity index (χ0v) is 18.9. The van der Waals surface area contributed by atoms with Crippen LogP contribution in [0.3, 0.4) is 0 Å². The van der Waals surface area contributed by atoms with Crippen LogP contribution in [0.25, 0.3) is 0 Å². The molecule has 0 aliphatic carbocycles. The van der Waals surface area contributed by atoms with Gasteiger partial charge in [0, 0.05) is 0 Å². The minimum absolute atomic E-state index is 0.0555. The molecule has 0 aliphatic heterocycles. The Morgan fingerprint density at radius 2 is 1.52 bits per heavy atom. The van der Waals surface area contributed by atoms with Gasteiger partial charge in [-0.05, 0) is 61.2 Å². The van der Waals surface area contributed by atoms with Crippen LogP contribution < -0.4 is 9.04 Å². The summed E-state index contributed by atoms with van der Waals surface area (Å²) < 4.78 is 33.4. The Balaban J connectivity index is 1.96. The second kappa shape index (κ2) is 9.79. The number of rotatable bonds is 8. The standard InChI is InChI=1S/C25H27NO4S/c1-4-20-12-14-22(15-13-20)26(31(28,29)23-16-10-19(3)11-17-23)25(27)18-30-24-9-7-6-8-21(24)5-2/h6-17H,4-5,18H2,1-3H3. The maximum Gasteiger partial charge on any atom is 0.278 e. The maximum atomic E-state index is 13.4. The van der Waals surface area contributed by atoms with E-state index >= 15 is 0 Å². The van der Waals surface area contributed by atoms with Crippen LogP contribution in [0.2, 0.25) is 0 Å². The van der Waals surface area contributed by atoms with Crippen molar-refractivity contribution in [3.63, 3.8) is 0 Å². The predicted molar refractivity (Wildman–Crippen MR) is 123 cm³/mol. The van der Waals surface area contributed by atoms with E-state index in [2.05, 4.69) is 0 Å². The molecule has 3 aromatic rings. The van der Waals surface area contributed by atoms with Gasteiger partial charge in [0.15, 0.2) is 6.61 Å². The van der Waals surface area contributed by atoms with Crippen LogP contribution in [0.5, 0.6) is 5.75 Å². The van der Waals surface area contributed by atoms with Gasteiger partial charge in [0.05, 0.1) is 10.6 Å². The lowest BCUT2D eigenvalue weighted by Gasteiger charge is -2.23. The summed E-state index contributed by atoms with van der Waals surface area (Å²) in [6.45, 7) is 5.49. The van der Waals surface area contributed by atoms with Crippen molar-refractivity contribution in [1.82, 2.24) is 0 Å². The summed E-state index contributed by atoms with van der Waals surface area (Å²) in [5, 5.41) is 0. The normalized spacial score (nSPS) is 11.2. The first-order chi connectivity index (χ1) is 14.9. The van der Waals surface area contributed by atoms with Gasteiger partial charge in [0.2, 0.25) is 0 Å². The summed E-state index contributed by atoms with van der Waals surface area (Å²) in [4.78, 5) is 13.2. The van der Waals surface area contributed by atoms with Gasteiger partial charge in [0.1, 0.15) is 5.75 Å². The van der Waals surface area contributed by atoms with Crippen LogP contribution in [0.15, 0.2) is 77.7 Å². The van der Waals surface area contributed by atoms with E-state index in [0.717, 1.165) is 33.8 Å². The largest absolute Gasteiger partial charge is 0.483 e. The first-order valence-electron chi connectivity index (χ1n) is 10.3. The van der Waals surface area contributed by atoms with Crippen LogP contribution in [-0.4, -0.2) is 20.9 Å². The number of sulfonamides is 1. The highest BCUT2D eigenvalue weighted by Crippen LogP contribution is 2.26. The summed E-state index contributed by atoms with van der Waals surface area (Å²) >= 11 is 0. The molecule has 0 aromatic heterocycles. The maximum absolute atomic E-state index is 13.4. The molecule has 0 saturated carbocycles. The molecule has 6 heteroatoms. The molecule has 0 saturated heterocycles. The van der Waals surface area contributed by atoms with Crippen molar-refractivity contribution in [2.24, 2.45) is 0 Å². The van der Waals surface area contributed by atoms with E-state index < -0.39 is 22.5 Å². The molecule has 0 N–H and O–H groups in total. The molecule has 162 valence electrons. The van der Waals surface area contributed by atoms with E-state index in [1.807, 2.05) is 51.1 Å². The highest BCUT2D eigenvalue weighted by molar-refractivity contribution is 7.93. The fourth-order valence-corrected chi connectivity index (χ4v) is 4.65. The third-order valence-corrected chi connectivity index (χ3v) is 6.83. The topological polar surface area (TPSA) is 63.7 Å². The number of hydrogen-bond acceptors (Lipinski definition) is 4. The lowest BCUT2D eigenvalue weighted by Crippen LogP contribution is -2.40. The molecule has 31 heavy (non-hydrogen) atoms. The van der Waals surface area contributed by atoms with Crippen molar-refractivity contribution in [3.8, 4) is 5.75 Å². The summed E-state index contributed by atoms with van der Waals surface area (Å²) in [5.41, 5.74) is 3.23. The number of aryl methyl sites for hydroxylation is 3. The molecule has 1 amide bonds. The van der Waals surface area contributed by atoms with Gasteiger partial charge in [-0.2, -0.15) is 4.31 Å². The highest BCUT2D eigenvalue weighted by Gasteiger charge is 2.31. The number of anilines is 1. The number of para-hydroxylation sites is 1. The van der Waals surface area contributed by atoms with Crippen LogP contribution in [0.1, 0.15) is 30.5 Å². The summed E-state index contributed by atoms with van der Waals surface area (Å²) in [7, 11) is -4.11. The van der Waals surface area contributed by atoms with E-state index in [-0.39, 0.29) is 10.6 Å². The third kappa shape index (κ3) is 5.14. The van der Waals surface area contributed by atoms with Crippen LogP contribution in [0.4, 0.5) is 5.69 Å². The van der Waals surface area contributed by atoms with Crippen LogP contribution >= 0.6 is 0 Å². The second-order valence-electron chi connectivity index (χ2n) is 7.25. The SMILES string of the molecule is CCc1ccc(N(C(=O)COc2ccccc2CC)S(=O)(=O)c2ccc(C)cc2)cc1. The number of carbonyl (C=O) groups excluding carboxylic acids is 1. The van der Waals surface area contributed by atoms with Gasteiger partial charge >= 0.3 is 0 Å². The molecule has 3 aromatic carbocycles. The predicted octanol–water partition coefficient (Wildman–Crippen LogP) is 4.92. The Bertz CT molecular complexity index is 1140. The van der Waals surface area contributed by atoms with E-state index in [9.17, 15) is 13.2 Å². The molecule has 0 radical (unpaired) electrons. The van der Waals surface area contributed by atoms with E-state index in [4.69, 9.17) is 4.74 Å². The first kappa shape index (κ1) is 22.6. The van der Waals surface area contributed by atoms with E-state index in [1.54, 1.807) is 30.3 Å². The molecule has 0 bridgehead atoms. The lowest BCUT2D eigenvalue weighted by atomic mass is 10.1. The second-order valence-corrected chi connectivity index (χ2v) is 9.03. The minimum Gasteiger partial charge on any atom is -0.483 e. The van der Waals surface area contributed by atoms with Gasteiger partial charge in [-0.15, -0.1) is 0 Å². The molecular weight excluding hydrogens is 410 g/mol. The molecule has 0 spiro atoms. The van der Waals surface area contributed by atoms with Crippen molar-refractivity contribution in [2.75, 3.05) is 10.9 Å². The number of amides is 1. The van der Waals surface area contributed by atoms with Crippen LogP contribution in [0, 0.1) is 6.92 Å². The number of nitrogens with zero attached hydrogens (tertiary/aromatic N) is 1. The molecule has 0 atom stereocenters. The summed E-state index contributed by atoms with van der Waals surface area (Å²) in [6.07, 6.45) is 1.56. The molecule has 3 rings (SSSR count). The summed E-state index contributed by atoms with van der Waals surface area (Å²) in [6, 6.07) is 20.8. The van der Waals surface area contributed by atoms with Gasteiger partial charge in [-0.25, -0.2) is 8.42 Å². The van der Waals surface area contributed by atoms with Crippen molar-refractivity contribution in [1.29, 1.82) is 0 Å². The monoisotopic (exact) mass is 437 g/mol. The van der Waals surface area contributed by atoms with Crippen molar-refractivity contribution < 1.29 is 17.9 Å². The van der Waals surface area contributed by atoms with Gasteiger partial charge < -0.3 is 4.74 Å². The Morgan fingerprint density at radius 3 is 2.13 bits per heavy atom. The van der Waals surface area contributed by atoms with E-state index in [0.29, 0.717) is 5.75 Å². The number of benzene rings is 3. The molecule has 0 unspecified atom stereocenters. The zero-order valence-electron chi connectivity index (χ0n) is 18.0. The first-order valence-corrected chi connectivity index (χ1v) is 11.7. The average Bonchev–Trinajstić information content (AvgIpc) is 2.78. The van der Waals surface area contributed by atoms with Crippen LogP contribution in [-0.2, 0) is 27.7 Å². The Labute approximate surface area is 184 Å². The van der Waals surface area contributed by atoms with Crippen molar-refractivity contribution in [2.45, 2.75) is 38.5 Å². The fourth-order valence-electron chi connectivity index (χ4n) is 3.23. The number of carbonyl (C=O) groups is 1. The minimum atomic E-state index is -4.11. The van der Waals surface area contributed by atoms with Crippen molar-refractivity contribution >= 4 is 21.6 Å².